The Bertz CT molecular complexity index is 393. The van der Waals surface area contributed by atoms with Crippen LogP contribution in [0.25, 0.3) is 0 Å². The summed E-state index contributed by atoms with van der Waals surface area (Å²) < 4.78 is 6.19. The fourth-order valence-corrected chi connectivity index (χ4v) is 2.33. The van der Waals surface area contributed by atoms with Crippen molar-refractivity contribution >= 4 is 17.3 Å². The second kappa shape index (κ2) is 8.31. The Morgan fingerprint density at radius 3 is 2.53 bits per heavy atom. The first-order valence-corrected chi connectivity index (χ1v) is 7.64. The maximum Gasteiger partial charge on any atom is 0.126 e. The zero-order valence-corrected chi connectivity index (χ0v) is 13.3. The highest BCUT2D eigenvalue weighted by Gasteiger charge is 2.13. The summed E-state index contributed by atoms with van der Waals surface area (Å²) >= 11 is 6.24. The molecular weight excluding hydrogens is 258 g/mol. The van der Waals surface area contributed by atoms with E-state index in [4.69, 9.17) is 16.3 Å². The first kappa shape index (κ1) is 16.2. The van der Waals surface area contributed by atoms with Gasteiger partial charge in [-0.15, -0.1) is 0 Å². The smallest absolute Gasteiger partial charge is 0.126 e. The van der Waals surface area contributed by atoms with Crippen LogP contribution in [0.3, 0.4) is 0 Å². The second-order valence-corrected chi connectivity index (χ2v) is 5.41. The molecule has 0 aromatic heterocycles. The Morgan fingerprint density at radius 1 is 1.21 bits per heavy atom. The number of rotatable bonds is 8. The van der Waals surface area contributed by atoms with Crippen LogP contribution in [-0.4, -0.2) is 13.2 Å². The van der Waals surface area contributed by atoms with E-state index in [1.54, 1.807) is 0 Å². The van der Waals surface area contributed by atoms with Crippen molar-refractivity contribution in [1.29, 1.82) is 0 Å². The van der Waals surface area contributed by atoms with Crippen LogP contribution >= 0.6 is 11.6 Å². The Hall–Kier alpha value is -0.890. The van der Waals surface area contributed by atoms with E-state index in [1.807, 2.05) is 26.1 Å². The number of nitrogens with one attached hydrogen (secondary N) is 1. The molecule has 1 unspecified atom stereocenters. The molecule has 1 N–H and O–H groups in total. The number of hydrogen-bond acceptors (Lipinski definition) is 2. The Kier molecular flexibility index (Phi) is 7.07. The summed E-state index contributed by atoms with van der Waals surface area (Å²) in [5.41, 5.74) is 2.02. The van der Waals surface area contributed by atoms with Crippen LogP contribution in [0.15, 0.2) is 12.1 Å². The highest BCUT2D eigenvalue weighted by molar-refractivity contribution is 6.31. The number of hydrogen-bond donors (Lipinski definition) is 1. The molecule has 3 heteroatoms. The van der Waals surface area contributed by atoms with Crippen molar-refractivity contribution in [2.24, 2.45) is 0 Å². The van der Waals surface area contributed by atoms with Crippen molar-refractivity contribution in [1.82, 2.24) is 0 Å². The highest BCUT2D eigenvalue weighted by Crippen LogP contribution is 2.31. The molecule has 0 fully saturated rings. The third-order valence-electron chi connectivity index (χ3n) is 3.37. The predicted octanol–water partition coefficient (Wildman–Crippen LogP) is 5.43. The van der Waals surface area contributed by atoms with Crippen LogP contribution in [-0.2, 0) is 0 Å². The number of anilines is 1. The molecule has 0 radical (unpaired) electrons. The van der Waals surface area contributed by atoms with Gasteiger partial charge in [-0.3, -0.25) is 0 Å². The Morgan fingerprint density at radius 2 is 1.95 bits per heavy atom. The molecule has 19 heavy (non-hydrogen) atoms. The van der Waals surface area contributed by atoms with Gasteiger partial charge in [-0.1, -0.05) is 44.7 Å². The van der Waals surface area contributed by atoms with Gasteiger partial charge in [0.1, 0.15) is 5.75 Å². The van der Waals surface area contributed by atoms with Crippen molar-refractivity contribution in [2.45, 2.75) is 59.0 Å². The average Bonchev–Trinajstić information content (AvgIpc) is 2.41. The van der Waals surface area contributed by atoms with Crippen LogP contribution in [0.5, 0.6) is 5.75 Å². The molecular formula is C16H26ClNO. The van der Waals surface area contributed by atoms with E-state index in [2.05, 4.69) is 19.2 Å². The fraction of sp³-hybridized carbons (Fsp3) is 0.625. The third kappa shape index (κ3) is 4.94. The molecule has 2 nitrogen and oxygen atoms in total. The van der Waals surface area contributed by atoms with Crippen LogP contribution < -0.4 is 10.1 Å². The van der Waals surface area contributed by atoms with Gasteiger partial charge in [0.2, 0.25) is 0 Å². The van der Waals surface area contributed by atoms with E-state index in [0.29, 0.717) is 6.10 Å². The van der Waals surface area contributed by atoms with Crippen LogP contribution in [0.2, 0.25) is 5.02 Å². The zero-order valence-electron chi connectivity index (χ0n) is 12.6. The van der Waals surface area contributed by atoms with Gasteiger partial charge in [-0.25, -0.2) is 0 Å². The van der Waals surface area contributed by atoms with E-state index in [9.17, 15) is 0 Å². The normalized spacial score (nSPS) is 12.3. The van der Waals surface area contributed by atoms with E-state index < -0.39 is 0 Å². The molecule has 108 valence electrons. The van der Waals surface area contributed by atoms with Crippen molar-refractivity contribution in [3.05, 3.63) is 22.7 Å². The minimum absolute atomic E-state index is 0.298. The average molecular weight is 284 g/mol. The van der Waals surface area contributed by atoms with Crippen molar-refractivity contribution in [3.63, 3.8) is 0 Å². The zero-order chi connectivity index (χ0) is 14.3. The molecule has 0 saturated carbocycles. The summed E-state index contributed by atoms with van der Waals surface area (Å²) in [5.74, 6) is 0.909. The van der Waals surface area contributed by atoms with Gasteiger partial charge in [0.15, 0.2) is 0 Å². The highest BCUT2D eigenvalue weighted by atomic mass is 35.5. The summed E-state index contributed by atoms with van der Waals surface area (Å²) in [4.78, 5) is 0. The van der Waals surface area contributed by atoms with Gasteiger partial charge in [-0.05, 0) is 25.8 Å². The number of benzene rings is 1. The largest absolute Gasteiger partial charge is 0.490 e. The van der Waals surface area contributed by atoms with Gasteiger partial charge < -0.3 is 10.1 Å². The molecule has 0 aliphatic heterocycles. The maximum absolute atomic E-state index is 6.24. The topological polar surface area (TPSA) is 21.3 Å². The van der Waals surface area contributed by atoms with Crippen LogP contribution in [0.1, 0.15) is 51.5 Å². The summed E-state index contributed by atoms with van der Waals surface area (Å²) in [5, 5.41) is 3.88. The molecule has 1 atom stereocenters. The lowest BCUT2D eigenvalue weighted by molar-refractivity contribution is 0.175. The van der Waals surface area contributed by atoms with Crippen molar-refractivity contribution in [2.75, 3.05) is 12.4 Å². The SMILES string of the molecule is CCCCC(CCC)Oc1cc(NC)cc(Cl)c1C. The molecule has 1 rings (SSSR count). The van der Waals surface area contributed by atoms with Crippen molar-refractivity contribution < 1.29 is 4.74 Å². The van der Waals surface area contributed by atoms with Crippen LogP contribution in [0.4, 0.5) is 5.69 Å². The predicted molar refractivity (Wildman–Crippen MR) is 84.6 cm³/mol. The molecule has 0 spiro atoms. The van der Waals surface area contributed by atoms with E-state index in [1.165, 1.54) is 12.8 Å². The molecule has 1 aromatic rings. The molecule has 0 aliphatic rings. The lowest BCUT2D eigenvalue weighted by atomic mass is 10.1. The van der Waals surface area contributed by atoms with Gasteiger partial charge in [0.05, 0.1) is 6.10 Å². The minimum atomic E-state index is 0.298. The number of unbranched alkanes of at least 4 members (excludes halogenated alkanes) is 1. The van der Waals surface area contributed by atoms with Gasteiger partial charge >= 0.3 is 0 Å². The first-order valence-electron chi connectivity index (χ1n) is 7.26. The van der Waals surface area contributed by atoms with Gasteiger partial charge in [0, 0.05) is 29.4 Å². The number of halogens is 1. The maximum atomic E-state index is 6.24. The van der Waals surface area contributed by atoms with E-state index in [-0.39, 0.29) is 0 Å². The van der Waals surface area contributed by atoms with Gasteiger partial charge in [-0.2, -0.15) is 0 Å². The van der Waals surface area contributed by atoms with Crippen LogP contribution in [0, 0.1) is 6.92 Å². The fourth-order valence-electron chi connectivity index (χ4n) is 2.12. The number of ether oxygens (including phenoxy) is 1. The minimum Gasteiger partial charge on any atom is -0.490 e. The summed E-state index contributed by atoms with van der Waals surface area (Å²) in [7, 11) is 1.89. The monoisotopic (exact) mass is 283 g/mol. The Labute approximate surface area is 122 Å². The molecule has 0 aliphatic carbocycles. The first-order chi connectivity index (χ1) is 9.12. The lowest BCUT2D eigenvalue weighted by Gasteiger charge is -2.21. The van der Waals surface area contributed by atoms with E-state index >= 15 is 0 Å². The molecule has 0 saturated heterocycles. The van der Waals surface area contributed by atoms with Gasteiger partial charge in [0.25, 0.3) is 0 Å². The molecule has 1 aromatic carbocycles. The quantitative estimate of drug-likeness (QED) is 0.687. The Balaban J connectivity index is 2.85. The third-order valence-corrected chi connectivity index (χ3v) is 3.76. The summed E-state index contributed by atoms with van der Waals surface area (Å²) in [6.07, 6.45) is 6.08. The van der Waals surface area contributed by atoms with E-state index in [0.717, 1.165) is 41.3 Å². The summed E-state index contributed by atoms with van der Waals surface area (Å²) in [6.45, 7) is 6.43. The molecule has 0 bridgehead atoms. The molecule has 0 heterocycles. The van der Waals surface area contributed by atoms with Crippen molar-refractivity contribution in [3.8, 4) is 5.75 Å². The second-order valence-electron chi connectivity index (χ2n) is 5.00. The molecule has 0 amide bonds. The standard InChI is InChI=1S/C16H26ClNO/c1-5-7-9-14(8-6-2)19-16-11-13(18-4)10-15(17)12(16)3/h10-11,14,18H,5-9H2,1-4H3. The lowest BCUT2D eigenvalue weighted by Crippen LogP contribution is -2.17. The summed E-state index contributed by atoms with van der Waals surface area (Å²) in [6, 6.07) is 3.97.